The number of benzene rings is 1. The standard InChI is InChI=1S/C11H13N5O2/c12-10(15-17)11-13-8-16(14-11)6-7-18-9-4-2-1-3-5-9/h1-5,8,17H,6-7H2,(H2,12,15). The van der Waals surface area contributed by atoms with E-state index >= 15 is 0 Å². The van der Waals surface area contributed by atoms with E-state index in [4.69, 9.17) is 15.7 Å². The number of amidine groups is 1. The lowest BCUT2D eigenvalue weighted by atomic mass is 10.3. The fourth-order valence-electron chi connectivity index (χ4n) is 1.34. The highest BCUT2D eigenvalue weighted by atomic mass is 16.5. The van der Waals surface area contributed by atoms with Crippen molar-refractivity contribution in [3.63, 3.8) is 0 Å². The van der Waals surface area contributed by atoms with Crippen LogP contribution in [0.1, 0.15) is 5.82 Å². The molecule has 0 saturated heterocycles. The lowest BCUT2D eigenvalue weighted by Gasteiger charge is -2.05. The molecule has 0 atom stereocenters. The number of para-hydroxylation sites is 1. The molecule has 0 amide bonds. The van der Waals surface area contributed by atoms with Crippen molar-refractivity contribution in [2.75, 3.05) is 6.61 Å². The smallest absolute Gasteiger partial charge is 0.219 e. The predicted octanol–water partition coefficient (Wildman–Crippen LogP) is 0.452. The van der Waals surface area contributed by atoms with Crippen LogP contribution in [0.15, 0.2) is 41.8 Å². The van der Waals surface area contributed by atoms with Gasteiger partial charge >= 0.3 is 0 Å². The number of nitrogens with two attached hydrogens (primary N) is 1. The third kappa shape index (κ3) is 2.97. The van der Waals surface area contributed by atoms with E-state index in [2.05, 4.69) is 15.2 Å². The van der Waals surface area contributed by atoms with Crippen LogP contribution in [-0.2, 0) is 6.54 Å². The summed E-state index contributed by atoms with van der Waals surface area (Å²) in [4.78, 5) is 3.89. The van der Waals surface area contributed by atoms with Crippen LogP contribution in [0.3, 0.4) is 0 Å². The first kappa shape index (κ1) is 11.9. The molecule has 7 heteroatoms. The molecule has 1 heterocycles. The van der Waals surface area contributed by atoms with Gasteiger partial charge in [0.1, 0.15) is 18.7 Å². The molecule has 3 N–H and O–H groups in total. The number of hydrogen-bond donors (Lipinski definition) is 2. The van der Waals surface area contributed by atoms with Crippen molar-refractivity contribution in [2.45, 2.75) is 6.54 Å². The second kappa shape index (κ2) is 5.67. The summed E-state index contributed by atoms with van der Waals surface area (Å²) in [6.07, 6.45) is 1.50. The van der Waals surface area contributed by atoms with E-state index in [0.29, 0.717) is 13.2 Å². The molecular weight excluding hydrogens is 234 g/mol. The monoisotopic (exact) mass is 247 g/mol. The summed E-state index contributed by atoms with van der Waals surface area (Å²) < 4.78 is 7.07. The minimum absolute atomic E-state index is 0.113. The van der Waals surface area contributed by atoms with Gasteiger partial charge in [-0.05, 0) is 12.1 Å². The van der Waals surface area contributed by atoms with Crippen LogP contribution < -0.4 is 10.5 Å². The topological polar surface area (TPSA) is 98.6 Å². The molecule has 0 aliphatic carbocycles. The van der Waals surface area contributed by atoms with Crippen LogP contribution in [-0.4, -0.2) is 32.4 Å². The molecule has 1 aromatic heterocycles. The van der Waals surface area contributed by atoms with Gasteiger partial charge in [0.15, 0.2) is 0 Å². The van der Waals surface area contributed by atoms with Gasteiger partial charge in [-0.25, -0.2) is 9.67 Å². The summed E-state index contributed by atoms with van der Waals surface area (Å²) >= 11 is 0. The van der Waals surface area contributed by atoms with Crippen molar-refractivity contribution in [1.82, 2.24) is 14.8 Å². The molecule has 1 aromatic carbocycles. The fraction of sp³-hybridized carbons (Fsp3) is 0.182. The molecule has 18 heavy (non-hydrogen) atoms. The highest BCUT2D eigenvalue weighted by Gasteiger charge is 2.05. The Morgan fingerprint density at radius 3 is 2.89 bits per heavy atom. The van der Waals surface area contributed by atoms with Crippen LogP contribution in [0.4, 0.5) is 0 Å². The maximum atomic E-state index is 8.47. The number of ether oxygens (including phenoxy) is 1. The van der Waals surface area contributed by atoms with Crippen LogP contribution in [0.2, 0.25) is 0 Å². The van der Waals surface area contributed by atoms with Crippen molar-refractivity contribution in [2.24, 2.45) is 10.9 Å². The van der Waals surface area contributed by atoms with Gasteiger partial charge < -0.3 is 15.7 Å². The normalized spacial score (nSPS) is 11.4. The number of rotatable bonds is 5. The maximum absolute atomic E-state index is 8.47. The molecule has 0 saturated carbocycles. The molecule has 2 aromatic rings. The molecule has 2 rings (SSSR count). The highest BCUT2D eigenvalue weighted by Crippen LogP contribution is 2.07. The SMILES string of the molecule is N/C(=N/O)c1ncn(CCOc2ccccc2)n1. The van der Waals surface area contributed by atoms with Crippen LogP contribution >= 0.6 is 0 Å². The van der Waals surface area contributed by atoms with Crippen molar-refractivity contribution < 1.29 is 9.94 Å². The molecule has 7 nitrogen and oxygen atoms in total. The van der Waals surface area contributed by atoms with Crippen LogP contribution in [0, 0.1) is 0 Å². The van der Waals surface area contributed by atoms with E-state index in [1.807, 2.05) is 30.3 Å². The quantitative estimate of drug-likeness (QED) is 0.346. The van der Waals surface area contributed by atoms with Crippen molar-refractivity contribution in [1.29, 1.82) is 0 Å². The van der Waals surface area contributed by atoms with Crippen LogP contribution in [0.5, 0.6) is 5.75 Å². The highest BCUT2D eigenvalue weighted by molar-refractivity contribution is 5.93. The Labute approximate surface area is 104 Å². The summed E-state index contributed by atoms with van der Waals surface area (Å²) in [7, 11) is 0. The van der Waals surface area contributed by atoms with Gasteiger partial charge in [-0.2, -0.15) is 0 Å². The summed E-state index contributed by atoms with van der Waals surface area (Å²) in [6.45, 7) is 0.990. The number of aromatic nitrogens is 3. The van der Waals surface area contributed by atoms with E-state index in [-0.39, 0.29) is 11.7 Å². The number of nitrogens with zero attached hydrogens (tertiary/aromatic N) is 4. The largest absolute Gasteiger partial charge is 0.492 e. The average molecular weight is 247 g/mol. The summed E-state index contributed by atoms with van der Waals surface area (Å²) in [6, 6.07) is 9.49. The van der Waals surface area contributed by atoms with Crippen LogP contribution in [0.25, 0.3) is 0 Å². The Hall–Kier alpha value is -2.57. The molecular formula is C11H13N5O2. The Morgan fingerprint density at radius 1 is 1.39 bits per heavy atom. The third-order valence-electron chi connectivity index (χ3n) is 2.21. The minimum atomic E-state index is -0.113. The zero-order valence-corrected chi connectivity index (χ0v) is 9.60. The first-order valence-corrected chi connectivity index (χ1v) is 5.35. The average Bonchev–Trinajstić information content (AvgIpc) is 2.88. The first-order chi connectivity index (χ1) is 8.79. The zero-order valence-electron chi connectivity index (χ0n) is 9.60. The first-order valence-electron chi connectivity index (χ1n) is 5.35. The summed E-state index contributed by atoms with van der Waals surface area (Å²) in [5, 5.41) is 15.3. The molecule has 0 bridgehead atoms. The Kier molecular flexibility index (Phi) is 3.75. The molecule has 94 valence electrons. The predicted molar refractivity (Wildman–Crippen MR) is 64.5 cm³/mol. The molecule has 0 spiro atoms. The van der Waals surface area contributed by atoms with E-state index < -0.39 is 0 Å². The van der Waals surface area contributed by atoms with Gasteiger partial charge in [-0.3, -0.25) is 0 Å². The molecule has 0 aliphatic rings. The Balaban J connectivity index is 1.86. The van der Waals surface area contributed by atoms with Gasteiger partial charge in [-0.1, -0.05) is 23.4 Å². The zero-order chi connectivity index (χ0) is 12.8. The van der Waals surface area contributed by atoms with Crippen molar-refractivity contribution in [3.8, 4) is 5.75 Å². The van der Waals surface area contributed by atoms with E-state index in [0.717, 1.165) is 5.75 Å². The molecule has 0 radical (unpaired) electrons. The second-order valence-electron chi connectivity index (χ2n) is 3.48. The summed E-state index contributed by atoms with van der Waals surface area (Å²) in [5.74, 6) is 0.879. The molecule has 0 aliphatic heterocycles. The second-order valence-corrected chi connectivity index (χ2v) is 3.48. The number of hydrogen-bond acceptors (Lipinski definition) is 5. The minimum Gasteiger partial charge on any atom is -0.492 e. The summed E-state index contributed by atoms with van der Waals surface area (Å²) in [5.41, 5.74) is 5.36. The van der Waals surface area contributed by atoms with Crippen molar-refractivity contribution in [3.05, 3.63) is 42.5 Å². The number of oxime groups is 1. The van der Waals surface area contributed by atoms with Gasteiger partial charge in [0.05, 0.1) is 6.54 Å². The third-order valence-corrected chi connectivity index (χ3v) is 2.21. The lowest BCUT2D eigenvalue weighted by Crippen LogP contribution is -2.16. The van der Waals surface area contributed by atoms with Gasteiger partial charge in [0.25, 0.3) is 0 Å². The van der Waals surface area contributed by atoms with Gasteiger partial charge in [-0.15, -0.1) is 5.10 Å². The molecule has 0 unspecified atom stereocenters. The Bertz CT molecular complexity index is 523. The Morgan fingerprint density at radius 2 is 2.17 bits per heavy atom. The maximum Gasteiger partial charge on any atom is 0.219 e. The van der Waals surface area contributed by atoms with E-state index in [1.165, 1.54) is 6.33 Å². The van der Waals surface area contributed by atoms with E-state index in [9.17, 15) is 0 Å². The van der Waals surface area contributed by atoms with Crippen molar-refractivity contribution >= 4 is 5.84 Å². The lowest BCUT2D eigenvalue weighted by molar-refractivity contribution is 0.291. The van der Waals surface area contributed by atoms with Gasteiger partial charge in [0, 0.05) is 0 Å². The van der Waals surface area contributed by atoms with Gasteiger partial charge in [0.2, 0.25) is 11.7 Å². The van der Waals surface area contributed by atoms with E-state index in [1.54, 1.807) is 4.68 Å². The molecule has 0 fully saturated rings. The fourth-order valence-corrected chi connectivity index (χ4v) is 1.34.